The summed E-state index contributed by atoms with van der Waals surface area (Å²) in [6.45, 7) is 9.39. The van der Waals surface area contributed by atoms with Gasteiger partial charge in [-0.1, -0.05) is 25.1 Å². The van der Waals surface area contributed by atoms with Gasteiger partial charge in [0.25, 0.3) is 5.91 Å². The normalized spacial score (nSPS) is 24.2. The number of halogens is 2. The zero-order valence-corrected chi connectivity index (χ0v) is 22.0. The molecule has 2 atom stereocenters. The Kier molecular flexibility index (Phi) is 6.83. The lowest BCUT2D eigenvalue weighted by molar-refractivity contribution is -0.0106. The van der Waals surface area contributed by atoms with Gasteiger partial charge >= 0.3 is 5.92 Å². The van der Waals surface area contributed by atoms with Gasteiger partial charge in [0.2, 0.25) is 5.76 Å². The van der Waals surface area contributed by atoms with Crippen LogP contribution in [0.25, 0.3) is 10.9 Å². The van der Waals surface area contributed by atoms with E-state index in [1.54, 1.807) is 4.68 Å². The smallest absolute Gasteiger partial charge is 0.304 e. The Hall–Kier alpha value is -2.85. The van der Waals surface area contributed by atoms with Crippen LogP contribution in [0.2, 0.25) is 0 Å². The molecule has 1 aromatic carbocycles. The first kappa shape index (κ1) is 25.8. The highest BCUT2D eigenvalue weighted by molar-refractivity contribution is 6.05. The third-order valence-electron chi connectivity index (χ3n) is 8.34. The molecule has 2 aromatic heterocycles. The predicted molar refractivity (Wildman–Crippen MR) is 136 cm³/mol. The molecule has 3 aromatic rings. The Bertz CT molecular complexity index is 1260. The summed E-state index contributed by atoms with van der Waals surface area (Å²) in [7, 11) is 1.85. The second kappa shape index (κ2) is 9.79. The second-order valence-electron chi connectivity index (χ2n) is 11.2. The van der Waals surface area contributed by atoms with Gasteiger partial charge in [-0.2, -0.15) is 13.9 Å². The largest absolute Gasteiger partial charge is 0.355 e. The number of hydrazine groups is 1. The van der Waals surface area contributed by atoms with Gasteiger partial charge in [0.15, 0.2) is 0 Å². The average Bonchev–Trinajstić information content (AvgIpc) is 3.55. The first-order valence-corrected chi connectivity index (χ1v) is 13.1. The molecule has 2 aliphatic rings. The minimum Gasteiger partial charge on any atom is -0.355 e. The highest BCUT2D eigenvalue weighted by atomic mass is 19.3. The van der Waals surface area contributed by atoms with Crippen molar-refractivity contribution in [3.8, 4) is 0 Å². The van der Waals surface area contributed by atoms with Crippen molar-refractivity contribution in [1.29, 1.82) is 0 Å². The van der Waals surface area contributed by atoms with Crippen molar-refractivity contribution in [3.05, 3.63) is 47.5 Å². The molecule has 0 radical (unpaired) electrons. The summed E-state index contributed by atoms with van der Waals surface area (Å²) in [6.07, 6.45) is 5.00. The van der Waals surface area contributed by atoms with Gasteiger partial charge < -0.3 is 9.42 Å². The SMILES string of the molecule is C[C@H]1CN(CCC2CCN(NC(=O)c3cccc4nn(C)cc34)CC2)C[C@]1(C)c1cc(C(C)(F)F)on1. The molecule has 200 valence electrons. The number of alkyl halides is 2. The summed E-state index contributed by atoms with van der Waals surface area (Å²) in [5.41, 5.74) is 4.84. The molecule has 0 bridgehead atoms. The van der Waals surface area contributed by atoms with Crippen LogP contribution in [-0.2, 0) is 18.4 Å². The van der Waals surface area contributed by atoms with Crippen molar-refractivity contribution < 1.29 is 18.1 Å². The summed E-state index contributed by atoms with van der Waals surface area (Å²) in [5, 5.41) is 11.3. The number of carbonyl (C=O) groups is 1. The molecule has 2 fully saturated rings. The van der Waals surface area contributed by atoms with Crippen molar-refractivity contribution >= 4 is 16.8 Å². The number of nitrogens with zero attached hydrogens (tertiary/aromatic N) is 5. The second-order valence-corrected chi connectivity index (χ2v) is 11.2. The van der Waals surface area contributed by atoms with Crippen molar-refractivity contribution in [2.45, 2.75) is 51.4 Å². The van der Waals surface area contributed by atoms with Crippen LogP contribution in [0.15, 0.2) is 35.0 Å². The molecule has 2 aliphatic heterocycles. The fourth-order valence-corrected chi connectivity index (χ4v) is 5.79. The van der Waals surface area contributed by atoms with E-state index in [9.17, 15) is 13.6 Å². The van der Waals surface area contributed by atoms with Gasteiger partial charge in [-0.3, -0.25) is 14.9 Å². The summed E-state index contributed by atoms with van der Waals surface area (Å²) >= 11 is 0. The van der Waals surface area contributed by atoms with Crippen LogP contribution in [0.3, 0.4) is 0 Å². The topological polar surface area (TPSA) is 79.4 Å². The van der Waals surface area contributed by atoms with Gasteiger partial charge in [0.1, 0.15) is 0 Å². The van der Waals surface area contributed by atoms with Crippen LogP contribution in [0, 0.1) is 11.8 Å². The first-order chi connectivity index (χ1) is 17.5. The maximum Gasteiger partial charge on any atom is 0.304 e. The van der Waals surface area contributed by atoms with E-state index in [0.29, 0.717) is 17.2 Å². The van der Waals surface area contributed by atoms with Crippen LogP contribution in [0.4, 0.5) is 8.78 Å². The molecule has 5 rings (SSSR count). The quantitative estimate of drug-likeness (QED) is 0.506. The number of aryl methyl sites for hydroxylation is 1. The van der Waals surface area contributed by atoms with E-state index in [0.717, 1.165) is 69.8 Å². The molecular formula is C27H36F2N6O2. The Balaban J connectivity index is 1.10. The lowest BCUT2D eigenvalue weighted by Gasteiger charge is -2.33. The molecule has 0 saturated carbocycles. The maximum absolute atomic E-state index is 13.7. The fraction of sp³-hybridized carbons (Fsp3) is 0.593. The number of likely N-dealkylation sites (tertiary alicyclic amines) is 1. The van der Waals surface area contributed by atoms with Gasteiger partial charge in [0, 0.05) is 63.2 Å². The zero-order chi connectivity index (χ0) is 26.4. The van der Waals surface area contributed by atoms with E-state index in [-0.39, 0.29) is 23.0 Å². The van der Waals surface area contributed by atoms with Crippen LogP contribution in [0.1, 0.15) is 61.8 Å². The lowest BCUT2D eigenvalue weighted by atomic mass is 9.78. The molecule has 2 saturated heterocycles. The molecule has 10 heteroatoms. The standard InChI is InChI=1S/C27H36F2N6O2/c1-18-15-34(17-26(18,2)23-14-24(37-32-23)27(3,28)29)11-8-19-9-12-35(13-10-19)31-25(36)20-6-5-7-22-21(20)16-33(4)30-22/h5-7,14,16,18-19H,8-13,15,17H2,1-4H3,(H,31,36)/t18-,26-/m0/s1. The Morgan fingerprint density at radius 3 is 2.76 bits per heavy atom. The van der Waals surface area contributed by atoms with Crippen molar-refractivity contribution in [2.24, 2.45) is 18.9 Å². The zero-order valence-electron chi connectivity index (χ0n) is 22.0. The Labute approximate surface area is 215 Å². The van der Waals surface area contributed by atoms with E-state index >= 15 is 0 Å². The van der Waals surface area contributed by atoms with Crippen molar-refractivity contribution in [2.75, 3.05) is 32.7 Å². The third kappa shape index (κ3) is 5.27. The third-order valence-corrected chi connectivity index (χ3v) is 8.34. The van der Waals surface area contributed by atoms with Crippen LogP contribution in [-0.4, -0.2) is 63.5 Å². The molecule has 1 amide bonds. The van der Waals surface area contributed by atoms with E-state index < -0.39 is 5.92 Å². The van der Waals surface area contributed by atoms with Gasteiger partial charge in [-0.15, -0.1) is 0 Å². The number of benzene rings is 1. The van der Waals surface area contributed by atoms with E-state index in [1.165, 1.54) is 6.07 Å². The summed E-state index contributed by atoms with van der Waals surface area (Å²) < 4.78 is 34.0. The van der Waals surface area contributed by atoms with E-state index in [1.807, 2.05) is 36.5 Å². The number of hydrogen-bond acceptors (Lipinski definition) is 6. The molecule has 37 heavy (non-hydrogen) atoms. The van der Waals surface area contributed by atoms with Crippen molar-refractivity contribution in [1.82, 2.24) is 30.3 Å². The number of hydrogen-bond donors (Lipinski definition) is 1. The molecule has 1 N–H and O–H groups in total. The van der Waals surface area contributed by atoms with E-state index in [4.69, 9.17) is 4.52 Å². The van der Waals surface area contributed by atoms with Gasteiger partial charge in [-0.05, 0) is 49.8 Å². The number of fused-ring (bicyclic) bond motifs is 1. The fourth-order valence-electron chi connectivity index (χ4n) is 5.79. The van der Waals surface area contributed by atoms with E-state index in [2.05, 4.69) is 34.4 Å². The number of carbonyl (C=O) groups excluding carboxylic acids is 1. The number of amides is 1. The average molecular weight is 515 g/mol. The number of rotatable bonds is 7. The highest BCUT2D eigenvalue weighted by Gasteiger charge is 2.45. The summed E-state index contributed by atoms with van der Waals surface area (Å²) in [4.78, 5) is 15.4. The van der Waals surface area contributed by atoms with Gasteiger partial charge in [0.05, 0.1) is 16.8 Å². The number of piperidine rings is 1. The minimum absolute atomic E-state index is 0.0979. The first-order valence-electron chi connectivity index (χ1n) is 13.1. The molecule has 8 nitrogen and oxygen atoms in total. The van der Waals surface area contributed by atoms with Crippen molar-refractivity contribution in [3.63, 3.8) is 0 Å². The number of aromatic nitrogens is 3. The predicted octanol–water partition coefficient (Wildman–Crippen LogP) is 4.33. The molecule has 0 aliphatic carbocycles. The summed E-state index contributed by atoms with van der Waals surface area (Å²) in [5.74, 6) is -2.61. The Morgan fingerprint density at radius 2 is 2.05 bits per heavy atom. The minimum atomic E-state index is -3.02. The molecule has 0 spiro atoms. The number of nitrogens with one attached hydrogen (secondary N) is 1. The highest BCUT2D eigenvalue weighted by Crippen LogP contribution is 2.40. The maximum atomic E-state index is 13.7. The summed E-state index contributed by atoms with van der Waals surface area (Å²) in [6, 6.07) is 7.04. The van der Waals surface area contributed by atoms with Crippen LogP contribution >= 0.6 is 0 Å². The Morgan fingerprint density at radius 1 is 1.30 bits per heavy atom. The molecule has 4 heterocycles. The van der Waals surface area contributed by atoms with Crippen LogP contribution in [0.5, 0.6) is 0 Å². The monoisotopic (exact) mass is 514 g/mol. The molecular weight excluding hydrogens is 478 g/mol. The van der Waals surface area contributed by atoms with Crippen LogP contribution < -0.4 is 5.43 Å². The van der Waals surface area contributed by atoms with Gasteiger partial charge in [-0.25, -0.2) is 5.01 Å². The molecule has 0 unspecified atom stereocenters. The lowest BCUT2D eigenvalue weighted by Crippen LogP contribution is -2.47.